The molecule has 3 atom stereocenters. The summed E-state index contributed by atoms with van der Waals surface area (Å²) in [5.74, 6) is 3.13. The zero-order valence-corrected chi connectivity index (χ0v) is 33.1. The van der Waals surface area contributed by atoms with Crippen molar-refractivity contribution in [1.29, 1.82) is 0 Å². The highest BCUT2D eigenvalue weighted by atomic mass is 16.1. The van der Waals surface area contributed by atoms with Crippen LogP contribution in [0.15, 0.2) is 205 Å². The zero-order chi connectivity index (χ0) is 39.5. The lowest BCUT2D eigenvalue weighted by Gasteiger charge is -2.34. The van der Waals surface area contributed by atoms with E-state index in [-0.39, 0.29) is 6.04 Å². The molecule has 286 valence electrons. The van der Waals surface area contributed by atoms with Crippen molar-refractivity contribution in [3.05, 3.63) is 238 Å². The van der Waals surface area contributed by atoms with Gasteiger partial charge in [-0.1, -0.05) is 152 Å². The number of nitrogens with zero attached hydrogens (tertiary/aromatic N) is 2. The Balaban J connectivity index is 1.12. The molecular formula is C56H46N2O. The highest BCUT2D eigenvalue weighted by Gasteiger charge is 2.26. The van der Waals surface area contributed by atoms with Crippen molar-refractivity contribution >= 4 is 46.4 Å². The van der Waals surface area contributed by atoms with Crippen LogP contribution in [0.2, 0.25) is 0 Å². The molecule has 0 N–H and O–H groups in total. The van der Waals surface area contributed by atoms with Crippen molar-refractivity contribution in [2.24, 2.45) is 5.92 Å². The first-order valence-electron chi connectivity index (χ1n) is 21.0. The van der Waals surface area contributed by atoms with Crippen LogP contribution in [0.25, 0.3) is 17.7 Å². The fourth-order valence-electron chi connectivity index (χ4n) is 9.46. The molecule has 0 amide bonds. The standard InChI is InChI=1S/C56H46N2O/c59-39-52-37-44-18-9-11-24-54(44)55(38-47-19-10-12-25-56(47)58(52)48-21-5-2-6-22-48)45-20-13-23-50(35-45)57(49-30-28-42(29-31-49)41-15-3-1-4-16-41)51-32-33-53-43-17-8-7-14-40(34-43)26-27-46(53)36-51/h2-3,5-30,32-33,35-37,40,43,49H,1,4,31,34,38H2/b44-37-,55-54+. The molecule has 0 saturated heterocycles. The maximum atomic E-state index is 12.9. The van der Waals surface area contributed by atoms with Gasteiger partial charge in [0.15, 0.2) is 5.94 Å². The molecule has 5 aromatic carbocycles. The van der Waals surface area contributed by atoms with Gasteiger partial charge >= 0.3 is 0 Å². The molecule has 1 heterocycles. The van der Waals surface area contributed by atoms with Gasteiger partial charge in [-0.3, -0.25) is 0 Å². The van der Waals surface area contributed by atoms with Crippen LogP contribution in [0.1, 0.15) is 53.9 Å². The maximum Gasteiger partial charge on any atom is 0.151 e. The van der Waals surface area contributed by atoms with Crippen LogP contribution in [0.4, 0.5) is 22.7 Å². The molecule has 3 unspecified atom stereocenters. The van der Waals surface area contributed by atoms with E-state index in [4.69, 9.17) is 0 Å². The lowest BCUT2D eigenvalue weighted by molar-refractivity contribution is 0.567. The van der Waals surface area contributed by atoms with E-state index in [0.29, 0.717) is 24.0 Å². The van der Waals surface area contributed by atoms with Gasteiger partial charge in [0, 0.05) is 29.4 Å². The van der Waals surface area contributed by atoms with Crippen molar-refractivity contribution in [1.82, 2.24) is 0 Å². The second kappa shape index (κ2) is 16.1. The number of allylic oxidation sites excluding steroid dienone is 12. The van der Waals surface area contributed by atoms with Crippen LogP contribution in [0.5, 0.6) is 0 Å². The number of rotatable bonds is 6. The Hall–Kier alpha value is -6.93. The van der Waals surface area contributed by atoms with Gasteiger partial charge in [0.2, 0.25) is 0 Å². The largest absolute Gasteiger partial charge is 0.334 e. The van der Waals surface area contributed by atoms with Gasteiger partial charge in [-0.05, 0) is 130 Å². The second-order valence-corrected chi connectivity index (χ2v) is 16.0. The Morgan fingerprint density at radius 2 is 1.51 bits per heavy atom. The van der Waals surface area contributed by atoms with Crippen molar-refractivity contribution in [2.75, 3.05) is 9.80 Å². The molecule has 3 heteroatoms. The molecule has 0 aromatic heterocycles. The normalized spacial score (nSPS) is 21.8. The summed E-state index contributed by atoms with van der Waals surface area (Å²) in [5, 5.41) is 2.09. The topological polar surface area (TPSA) is 23.6 Å². The number of carbonyl (C=O) groups excluding carboxylic acids is 1. The van der Waals surface area contributed by atoms with Crippen molar-refractivity contribution < 1.29 is 4.79 Å². The summed E-state index contributed by atoms with van der Waals surface area (Å²) in [5.41, 5.74) is 13.5. The van der Waals surface area contributed by atoms with E-state index in [9.17, 15) is 4.79 Å². The van der Waals surface area contributed by atoms with Gasteiger partial charge in [0.05, 0.1) is 11.7 Å². The molecule has 10 rings (SSSR count). The molecule has 1 aliphatic heterocycles. The highest BCUT2D eigenvalue weighted by molar-refractivity contribution is 5.87. The molecular weight excluding hydrogens is 717 g/mol. The number of benzene rings is 5. The first-order chi connectivity index (χ1) is 29.2. The third kappa shape index (κ3) is 7.27. The quantitative estimate of drug-likeness (QED) is 0.161. The Labute approximate surface area is 347 Å². The van der Waals surface area contributed by atoms with Crippen molar-refractivity contribution in [3.8, 4) is 0 Å². The highest BCUT2D eigenvalue weighted by Crippen LogP contribution is 2.41. The molecule has 59 heavy (non-hydrogen) atoms. The molecule has 3 nitrogen and oxygen atoms in total. The number of anilines is 4. The van der Waals surface area contributed by atoms with E-state index in [1.807, 2.05) is 29.2 Å². The summed E-state index contributed by atoms with van der Waals surface area (Å²) in [6.45, 7) is 0. The summed E-state index contributed by atoms with van der Waals surface area (Å²) in [6, 6.07) is 43.4. The summed E-state index contributed by atoms with van der Waals surface area (Å²) >= 11 is 0. The number of hydrogen-bond acceptors (Lipinski definition) is 3. The van der Waals surface area contributed by atoms with Crippen molar-refractivity contribution in [2.45, 2.75) is 44.1 Å². The van der Waals surface area contributed by atoms with Crippen LogP contribution in [0, 0.1) is 5.92 Å². The average molecular weight is 763 g/mol. The molecule has 0 fully saturated rings. The maximum absolute atomic E-state index is 12.9. The SMILES string of the molecule is O=C=C1/C=c2/cccc/c2=C(\c2cccc(N(c3ccc4c(c3)C=CC3C=CC=CC4C3)C3C=CC(C4=CCCC=C4)=CC3)c2)Cc2ccccc2N1c1ccccc1. The number of para-hydroxylation sites is 2. The van der Waals surface area contributed by atoms with Crippen molar-refractivity contribution in [3.63, 3.8) is 0 Å². The van der Waals surface area contributed by atoms with Gasteiger partial charge in [-0.25, -0.2) is 4.79 Å². The molecule has 0 saturated carbocycles. The minimum atomic E-state index is 0.117. The Kier molecular flexibility index (Phi) is 9.96. The molecule has 0 spiro atoms. The van der Waals surface area contributed by atoms with Gasteiger partial charge in [0.25, 0.3) is 0 Å². The van der Waals surface area contributed by atoms with Crippen LogP contribution in [0.3, 0.4) is 0 Å². The third-order valence-corrected chi connectivity index (χ3v) is 12.4. The predicted octanol–water partition coefficient (Wildman–Crippen LogP) is 11.7. The van der Waals surface area contributed by atoms with E-state index in [1.54, 1.807) is 0 Å². The van der Waals surface area contributed by atoms with Gasteiger partial charge < -0.3 is 9.80 Å². The Morgan fingerprint density at radius 3 is 2.37 bits per heavy atom. The average Bonchev–Trinajstić information content (AvgIpc) is 3.62. The van der Waals surface area contributed by atoms with E-state index in [2.05, 4.69) is 187 Å². The van der Waals surface area contributed by atoms with Crippen LogP contribution < -0.4 is 20.2 Å². The fraction of sp³-hybridized carbons (Fsp3) is 0.143. The Bertz CT molecular complexity index is 2840. The molecule has 5 aliphatic rings. The number of fused-ring (bicyclic) bond motifs is 6. The van der Waals surface area contributed by atoms with Crippen LogP contribution in [-0.2, 0) is 11.2 Å². The summed E-state index contributed by atoms with van der Waals surface area (Å²) in [7, 11) is 0. The lowest BCUT2D eigenvalue weighted by Crippen LogP contribution is -2.31. The molecule has 2 bridgehead atoms. The fourth-order valence-corrected chi connectivity index (χ4v) is 9.46. The first kappa shape index (κ1) is 36.4. The van der Waals surface area contributed by atoms with E-state index < -0.39 is 0 Å². The van der Waals surface area contributed by atoms with E-state index in [0.717, 1.165) is 64.3 Å². The number of hydrogen-bond donors (Lipinski definition) is 0. The molecule has 5 aromatic rings. The van der Waals surface area contributed by atoms with Gasteiger partial charge in [-0.15, -0.1) is 0 Å². The lowest BCUT2D eigenvalue weighted by atomic mass is 9.89. The first-order valence-corrected chi connectivity index (χ1v) is 21.0. The van der Waals surface area contributed by atoms with Gasteiger partial charge in [0.1, 0.15) is 5.70 Å². The van der Waals surface area contributed by atoms with E-state index in [1.165, 1.54) is 33.5 Å². The monoisotopic (exact) mass is 762 g/mol. The predicted molar refractivity (Wildman–Crippen MR) is 246 cm³/mol. The van der Waals surface area contributed by atoms with Crippen LogP contribution in [-0.4, -0.2) is 12.0 Å². The summed E-state index contributed by atoms with van der Waals surface area (Å²) < 4.78 is 0. The van der Waals surface area contributed by atoms with E-state index >= 15 is 0 Å². The minimum absolute atomic E-state index is 0.117. The smallest absolute Gasteiger partial charge is 0.151 e. The molecule has 0 radical (unpaired) electrons. The zero-order valence-electron chi connectivity index (χ0n) is 33.1. The minimum Gasteiger partial charge on any atom is -0.334 e. The molecule has 4 aliphatic carbocycles. The summed E-state index contributed by atoms with van der Waals surface area (Å²) in [6.07, 6.45) is 34.8. The van der Waals surface area contributed by atoms with Crippen LogP contribution >= 0.6 is 0 Å². The van der Waals surface area contributed by atoms with Gasteiger partial charge in [-0.2, -0.15) is 0 Å². The second-order valence-electron chi connectivity index (χ2n) is 16.0. The third-order valence-electron chi connectivity index (χ3n) is 12.4. The summed E-state index contributed by atoms with van der Waals surface area (Å²) in [4.78, 5) is 17.5. The Morgan fingerprint density at radius 1 is 0.678 bits per heavy atom.